The Balaban J connectivity index is 2.02. The Morgan fingerprint density at radius 2 is 1.93 bits per heavy atom. The summed E-state index contributed by atoms with van der Waals surface area (Å²) in [6.07, 6.45) is 1.70. The Bertz CT molecular complexity index is 410. The zero-order valence-electron chi connectivity index (χ0n) is 8.31. The molecule has 0 unspecified atom stereocenters. The van der Waals surface area contributed by atoms with E-state index >= 15 is 0 Å². The lowest BCUT2D eigenvalue weighted by atomic mass is 9.71. The summed E-state index contributed by atoms with van der Waals surface area (Å²) in [4.78, 5) is 10.8. The molecule has 0 atom stereocenters. The van der Waals surface area contributed by atoms with Crippen molar-refractivity contribution in [3.05, 3.63) is 35.4 Å². The summed E-state index contributed by atoms with van der Waals surface area (Å²) in [6.45, 7) is 0. The van der Waals surface area contributed by atoms with Crippen molar-refractivity contribution in [3.63, 3.8) is 0 Å². The highest BCUT2D eigenvalue weighted by Crippen LogP contribution is 2.41. The Kier molecular flexibility index (Phi) is 2.42. The number of carbonyl (C=O) groups is 1. The van der Waals surface area contributed by atoms with Crippen molar-refractivity contribution in [1.82, 2.24) is 0 Å². The van der Waals surface area contributed by atoms with Gasteiger partial charge >= 0.3 is 0 Å². The largest absolute Gasteiger partial charge is 0.369 e. The molecule has 0 spiro atoms. The first-order valence-electron chi connectivity index (χ1n) is 5.00. The van der Waals surface area contributed by atoms with Gasteiger partial charge in [-0.2, -0.15) is 5.26 Å². The maximum absolute atomic E-state index is 10.8. The van der Waals surface area contributed by atoms with Crippen LogP contribution in [0.25, 0.3) is 0 Å². The smallest absolute Gasteiger partial charge is 0.220 e. The summed E-state index contributed by atoms with van der Waals surface area (Å²) in [6, 6.07) is 9.62. The molecule has 0 heterocycles. The minimum absolute atomic E-state index is 0.0469. The van der Waals surface area contributed by atoms with Gasteiger partial charge in [-0.05, 0) is 36.5 Å². The third-order valence-corrected chi connectivity index (χ3v) is 3.05. The lowest BCUT2D eigenvalue weighted by Crippen LogP contribution is -2.33. The number of primary amides is 1. The SMILES string of the molecule is N#Cc1ccc(C2CC(C(N)=O)C2)cc1. The molecule has 1 aliphatic rings. The van der Waals surface area contributed by atoms with Gasteiger partial charge in [-0.15, -0.1) is 0 Å². The number of hydrogen-bond donors (Lipinski definition) is 1. The second kappa shape index (κ2) is 3.74. The number of benzene rings is 1. The molecule has 2 rings (SSSR count). The summed E-state index contributed by atoms with van der Waals surface area (Å²) < 4.78 is 0. The van der Waals surface area contributed by atoms with Crippen LogP contribution in [0.1, 0.15) is 29.9 Å². The fraction of sp³-hybridized carbons (Fsp3) is 0.333. The zero-order chi connectivity index (χ0) is 10.8. The number of rotatable bonds is 2. The molecule has 3 nitrogen and oxygen atoms in total. The number of amides is 1. The van der Waals surface area contributed by atoms with Crippen molar-refractivity contribution in [3.8, 4) is 6.07 Å². The Morgan fingerprint density at radius 3 is 2.40 bits per heavy atom. The predicted molar refractivity (Wildman–Crippen MR) is 55.8 cm³/mol. The molecule has 0 saturated heterocycles. The van der Waals surface area contributed by atoms with E-state index in [1.165, 1.54) is 5.56 Å². The Morgan fingerprint density at radius 1 is 1.33 bits per heavy atom. The lowest BCUT2D eigenvalue weighted by Gasteiger charge is -2.33. The van der Waals surface area contributed by atoms with Gasteiger partial charge < -0.3 is 5.73 Å². The summed E-state index contributed by atoms with van der Waals surface area (Å²) in [5.74, 6) is 0.292. The van der Waals surface area contributed by atoms with Crippen molar-refractivity contribution < 1.29 is 4.79 Å². The summed E-state index contributed by atoms with van der Waals surface area (Å²) in [5, 5.41) is 8.64. The number of hydrogen-bond acceptors (Lipinski definition) is 2. The van der Waals surface area contributed by atoms with E-state index in [2.05, 4.69) is 6.07 Å². The second-order valence-corrected chi connectivity index (χ2v) is 4.00. The number of nitriles is 1. The fourth-order valence-electron chi connectivity index (χ4n) is 1.95. The van der Waals surface area contributed by atoms with E-state index in [-0.39, 0.29) is 11.8 Å². The van der Waals surface area contributed by atoms with Crippen molar-refractivity contribution in [1.29, 1.82) is 5.26 Å². The van der Waals surface area contributed by atoms with E-state index in [9.17, 15) is 4.79 Å². The molecule has 1 fully saturated rings. The summed E-state index contributed by atoms with van der Waals surface area (Å²) in [7, 11) is 0. The van der Waals surface area contributed by atoms with Gasteiger partial charge in [0, 0.05) is 5.92 Å². The predicted octanol–water partition coefficient (Wildman–Crippen LogP) is 1.54. The van der Waals surface area contributed by atoms with Crippen molar-refractivity contribution >= 4 is 5.91 Å². The van der Waals surface area contributed by atoms with Gasteiger partial charge in [0.05, 0.1) is 11.6 Å². The number of carbonyl (C=O) groups excluding carboxylic acids is 1. The Hall–Kier alpha value is -1.82. The van der Waals surface area contributed by atoms with E-state index in [1.807, 2.05) is 24.3 Å². The van der Waals surface area contributed by atoms with Crippen LogP contribution in [0.2, 0.25) is 0 Å². The van der Waals surface area contributed by atoms with Gasteiger partial charge in [0.2, 0.25) is 5.91 Å². The quantitative estimate of drug-likeness (QED) is 0.786. The van der Waals surface area contributed by atoms with Crippen molar-refractivity contribution in [2.24, 2.45) is 11.7 Å². The second-order valence-electron chi connectivity index (χ2n) is 4.00. The molecule has 15 heavy (non-hydrogen) atoms. The first kappa shape index (κ1) is 9.72. The molecule has 1 saturated carbocycles. The van der Waals surface area contributed by atoms with Crippen LogP contribution in [0.15, 0.2) is 24.3 Å². The van der Waals surface area contributed by atoms with Gasteiger partial charge in [0.15, 0.2) is 0 Å². The van der Waals surface area contributed by atoms with Crippen LogP contribution in [0.4, 0.5) is 0 Å². The molecule has 1 aromatic rings. The van der Waals surface area contributed by atoms with Crippen molar-refractivity contribution in [2.45, 2.75) is 18.8 Å². The number of nitrogens with two attached hydrogens (primary N) is 1. The molecule has 0 radical (unpaired) electrons. The van der Waals surface area contributed by atoms with Crippen LogP contribution in [0.3, 0.4) is 0 Å². The van der Waals surface area contributed by atoms with E-state index in [0.717, 1.165) is 12.8 Å². The average Bonchev–Trinajstić information content (AvgIpc) is 2.16. The molecule has 1 aromatic carbocycles. The molecule has 0 aromatic heterocycles. The monoisotopic (exact) mass is 200 g/mol. The fourth-order valence-corrected chi connectivity index (χ4v) is 1.95. The van der Waals surface area contributed by atoms with Crippen LogP contribution in [-0.2, 0) is 4.79 Å². The van der Waals surface area contributed by atoms with Crippen LogP contribution < -0.4 is 5.73 Å². The normalized spacial score (nSPS) is 23.9. The minimum Gasteiger partial charge on any atom is -0.369 e. The highest BCUT2D eigenvalue weighted by molar-refractivity contribution is 5.77. The molecule has 2 N–H and O–H groups in total. The minimum atomic E-state index is -0.195. The topological polar surface area (TPSA) is 66.9 Å². The first-order chi connectivity index (χ1) is 7.20. The average molecular weight is 200 g/mol. The van der Waals surface area contributed by atoms with Gasteiger partial charge in [-0.25, -0.2) is 0 Å². The summed E-state index contributed by atoms with van der Waals surface area (Å²) in [5.41, 5.74) is 7.07. The van der Waals surface area contributed by atoms with Gasteiger partial charge in [-0.1, -0.05) is 12.1 Å². The standard InChI is InChI=1S/C12H12N2O/c13-7-8-1-3-9(4-2-8)10-5-11(6-10)12(14)15/h1-4,10-11H,5-6H2,(H2,14,15). The third-order valence-electron chi connectivity index (χ3n) is 3.05. The summed E-state index contributed by atoms with van der Waals surface area (Å²) >= 11 is 0. The van der Waals surface area contributed by atoms with E-state index < -0.39 is 0 Å². The van der Waals surface area contributed by atoms with E-state index in [0.29, 0.717) is 11.5 Å². The maximum atomic E-state index is 10.8. The third kappa shape index (κ3) is 1.84. The first-order valence-corrected chi connectivity index (χ1v) is 5.00. The van der Waals surface area contributed by atoms with Crippen LogP contribution in [-0.4, -0.2) is 5.91 Å². The zero-order valence-corrected chi connectivity index (χ0v) is 8.31. The lowest BCUT2D eigenvalue weighted by molar-refractivity contribution is -0.124. The van der Waals surface area contributed by atoms with Gasteiger partial charge in [0.25, 0.3) is 0 Å². The van der Waals surface area contributed by atoms with Crippen molar-refractivity contribution in [2.75, 3.05) is 0 Å². The van der Waals surface area contributed by atoms with Gasteiger partial charge in [0.1, 0.15) is 0 Å². The molecule has 0 bridgehead atoms. The molecule has 1 amide bonds. The molecule has 0 aliphatic heterocycles. The number of nitrogens with zero attached hydrogens (tertiary/aromatic N) is 1. The molecule has 3 heteroatoms. The molecule has 1 aliphatic carbocycles. The highest BCUT2D eigenvalue weighted by Gasteiger charge is 2.33. The molecular weight excluding hydrogens is 188 g/mol. The van der Waals surface area contributed by atoms with Gasteiger partial charge in [-0.3, -0.25) is 4.79 Å². The van der Waals surface area contributed by atoms with E-state index in [1.54, 1.807) is 0 Å². The molecular formula is C12H12N2O. The molecule has 76 valence electrons. The highest BCUT2D eigenvalue weighted by atomic mass is 16.1. The van der Waals surface area contributed by atoms with Crippen LogP contribution >= 0.6 is 0 Å². The van der Waals surface area contributed by atoms with Crippen LogP contribution in [0, 0.1) is 17.2 Å². The Labute approximate surface area is 88.5 Å². The van der Waals surface area contributed by atoms with Crippen LogP contribution in [0.5, 0.6) is 0 Å². The van der Waals surface area contributed by atoms with E-state index in [4.69, 9.17) is 11.0 Å². The maximum Gasteiger partial charge on any atom is 0.220 e.